The number of ether oxygens (including phenoxy) is 1. The molecule has 3 N–H and O–H groups in total. The Kier molecular flexibility index (Phi) is 4.73. The van der Waals surface area contributed by atoms with Crippen molar-refractivity contribution in [3.63, 3.8) is 0 Å². The van der Waals surface area contributed by atoms with Gasteiger partial charge in [0.1, 0.15) is 23.3 Å². The Hall–Kier alpha value is -2.84. The van der Waals surface area contributed by atoms with E-state index in [1.807, 2.05) is 12.1 Å². The fourth-order valence-electron chi connectivity index (χ4n) is 2.54. The number of hydrogen-bond acceptors (Lipinski definition) is 6. The summed E-state index contributed by atoms with van der Waals surface area (Å²) in [5, 5.41) is 17.4. The number of benzene rings is 1. The lowest BCUT2D eigenvalue weighted by molar-refractivity contribution is 0.417. The number of rotatable bonds is 5. The summed E-state index contributed by atoms with van der Waals surface area (Å²) >= 11 is 0. The van der Waals surface area contributed by atoms with Gasteiger partial charge in [0.15, 0.2) is 0 Å². The lowest BCUT2D eigenvalue weighted by Crippen LogP contribution is -2.05. The number of aromatic nitrogens is 3. The number of aromatic amines is 1. The lowest BCUT2D eigenvalue weighted by Gasteiger charge is -2.14. The molecule has 7 nitrogen and oxygen atoms in total. The highest BCUT2D eigenvalue weighted by molar-refractivity contribution is 7.64. The average molecular weight is 354 g/mol. The van der Waals surface area contributed by atoms with Crippen LogP contribution >= 0.6 is 7.92 Å². The van der Waals surface area contributed by atoms with Crippen LogP contribution in [0.4, 0.5) is 17.5 Å². The van der Waals surface area contributed by atoms with E-state index in [1.54, 1.807) is 20.4 Å². The maximum absolute atomic E-state index is 9.20. The Balaban J connectivity index is 2.02. The second-order valence-electron chi connectivity index (χ2n) is 5.59. The molecule has 0 saturated carbocycles. The molecule has 0 atom stereocenters. The third-order valence-electron chi connectivity index (χ3n) is 3.84. The molecule has 8 heteroatoms. The van der Waals surface area contributed by atoms with Crippen molar-refractivity contribution in [1.82, 2.24) is 15.0 Å². The van der Waals surface area contributed by atoms with Gasteiger partial charge in [-0.1, -0.05) is 14.0 Å². The Morgan fingerprint density at radius 3 is 2.72 bits per heavy atom. The molecule has 0 aliphatic carbocycles. The maximum Gasteiger partial charge on any atom is 0.231 e. The molecule has 25 heavy (non-hydrogen) atoms. The van der Waals surface area contributed by atoms with Crippen molar-refractivity contribution >= 4 is 41.7 Å². The first-order chi connectivity index (χ1) is 12.1. The monoisotopic (exact) mass is 354 g/mol. The van der Waals surface area contributed by atoms with Crippen molar-refractivity contribution < 1.29 is 4.74 Å². The molecule has 0 aliphatic rings. The summed E-state index contributed by atoms with van der Waals surface area (Å²) in [6, 6.07) is 8.23. The number of H-pyrrole nitrogens is 1. The molecule has 2 heterocycles. The van der Waals surface area contributed by atoms with Crippen LogP contribution in [0.1, 0.15) is 5.56 Å². The molecule has 0 unspecified atom stereocenters. The molecule has 0 saturated heterocycles. The fraction of sp³-hybridized carbons (Fsp3) is 0.235. The lowest BCUT2D eigenvalue weighted by atomic mass is 10.2. The molecule has 128 valence electrons. The summed E-state index contributed by atoms with van der Waals surface area (Å²) < 4.78 is 5.50. The van der Waals surface area contributed by atoms with Gasteiger partial charge in [-0.3, -0.25) is 0 Å². The highest BCUT2D eigenvalue weighted by Crippen LogP contribution is 2.32. The number of fused-ring (bicyclic) bond motifs is 1. The summed E-state index contributed by atoms with van der Waals surface area (Å²) in [5.74, 6) is 1.75. The van der Waals surface area contributed by atoms with Gasteiger partial charge in [-0.05, 0) is 30.8 Å². The van der Waals surface area contributed by atoms with Crippen molar-refractivity contribution in [3.8, 4) is 11.8 Å². The molecule has 0 fully saturated rings. The van der Waals surface area contributed by atoms with Crippen molar-refractivity contribution in [2.24, 2.45) is 0 Å². The zero-order valence-corrected chi connectivity index (χ0v) is 15.4. The van der Waals surface area contributed by atoms with Crippen LogP contribution in [0.3, 0.4) is 0 Å². The second-order valence-corrected chi connectivity index (χ2v) is 7.89. The summed E-state index contributed by atoms with van der Waals surface area (Å²) in [6.45, 7) is 4.40. The zero-order valence-electron chi connectivity index (χ0n) is 14.5. The van der Waals surface area contributed by atoms with Crippen LogP contribution < -0.4 is 20.7 Å². The van der Waals surface area contributed by atoms with Crippen LogP contribution in [0.25, 0.3) is 11.0 Å². The van der Waals surface area contributed by atoms with Crippen molar-refractivity contribution in [1.29, 1.82) is 5.26 Å². The van der Waals surface area contributed by atoms with E-state index in [4.69, 9.17) is 4.74 Å². The molecule has 3 rings (SSSR count). The Bertz CT molecular complexity index is 960. The summed E-state index contributed by atoms with van der Waals surface area (Å²) in [5.41, 5.74) is 1.89. The quantitative estimate of drug-likeness (QED) is 0.609. The first kappa shape index (κ1) is 17.0. The molecule has 0 radical (unpaired) electrons. The number of anilines is 3. The van der Waals surface area contributed by atoms with E-state index in [0.29, 0.717) is 28.4 Å². The van der Waals surface area contributed by atoms with E-state index in [9.17, 15) is 5.26 Å². The van der Waals surface area contributed by atoms with Gasteiger partial charge < -0.3 is 20.4 Å². The molecule has 0 bridgehead atoms. The largest absolute Gasteiger partial charge is 0.495 e. The topological polar surface area (TPSA) is 98.7 Å². The van der Waals surface area contributed by atoms with E-state index in [1.165, 1.54) is 5.30 Å². The van der Waals surface area contributed by atoms with Crippen LogP contribution in [0.2, 0.25) is 0 Å². The van der Waals surface area contributed by atoms with Crippen molar-refractivity contribution in [2.45, 2.75) is 0 Å². The minimum absolute atomic E-state index is 0.204. The molecule has 0 aliphatic heterocycles. The van der Waals surface area contributed by atoms with E-state index >= 15 is 0 Å². The summed E-state index contributed by atoms with van der Waals surface area (Å²) in [7, 11) is 3.20. The molecular formula is C17H19N6OP. The molecule has 0 spiro atoms. The average Bonchev–Trinajstić information content (AvgIpc) is 3.04. The van der Waals surface area contributed by atoms with Gasteiger partial charge in [0.25, 0.3) is 0 Å². The van der Waals surface area contributed by atoms with Gasteiger partial charge in [0, 0.05) is 13.2 Å². The second kappa shape index (κ2) is 6.96. The molecule has 2 aromatic heterocycles. The van der Waals surface area contributed by atoms with E-state index in [2.05, 4.69) is 51.1 Å². The number of nitrogens with one attached hydrogen (secondary N) is 3. The van der Waals surface area contributed by atoms with Gasteiger partial charge in [-0.15, -0.1) is 0 Å². The predicted octanol–water partition coefficient (Wildman–Crippen LogP) is 2.99. The van der Waals surface area contributed by atoms with E-state index in [-0.39, 0.29) is 7.92 Å². The van der Waals surface area contributed by atoms with Crippen LogP contribution in [0.15, 0.2) is 24.4 Å². The van der Waals surface area contributed by atoms with Gasteiger partial charge in [-0.2, -0.15) is 15.2 Å². The van der Waals surface area contributed by atoms with E-state index in [0.717, 1.165) is 11.4 Å². The Morgan fingerprint density at radius 1 is 1.28 bits per heavy atom. The minimum atomic E-state index is -0.204. The van der Waals surface area contributed by atoms with Crippen molar-refractivity contribution in [3.05, 3.63) is 30.0 Å². The van der Waals surface area contributed by atoms with Crippen LogP contribution in [-0.4, -0.2) is 42.4 Å². The van der Waals surface area contributed by atoms with Gasteiger partial charge in [0.2, 0.25) is 5.95 Å². The first-order valence-electron chi connectivity index (χ1n) is 7.66. The van der Waals surface area contributed by atoms with Gasteiger partial charge in [0.05, 0.1) is 23.7 Å². The molecule has 1 aromatic carbocycles. The summed E-state index contributed by atoms with van der Waals surface area (Å²) in [6.07, 6.45) is 1.63. The third-order valence-corrected chi connectivity index (χ3v) is 5.15. The maximum atomic E-state index is 9.20. The van der Waals surface area contributed by atoms with Crippen LogP contribution in [0.5, 0.6) is 5.75 Å². The van der Waals surface area contributed by atoms with Gasteiger partial charge in [-0.25, -0.2) is 0 Å². The number of nitriles is 1. The molecular weight excluding hydrogens is 335 g/mol. The van der Waals surface area contributed by atoms with Crippen molar-refractivity contribution in [2.75, 3.05) is 38.1 Å². The van der Waals surface area contributed by atoms with Crippen LogP contribution in [-0.2, 0) is 0 Å². The Morgan fingerprint density at radius 2 is 2.08 bits per heavy atom. The number of methoxy groups -OCH3 is 1. The standard InChI is InChI=1S/C17H19N6OP/c1-19-15-14-10(8-18)9-20-16(14)23-17(22-15)21-12-6-5-11(25(3)4)7-13(12)24-2/h5-7,9H,1-4H3,(H3,19,20,21,22,23). The number of nitrogens with zero attached hydrogens (tertiary/aromatic N) is 3. The SMILES string of the molecule is CNc1nc(Nc2ccc(P(C)C)cc2OC)nc2[nH]cc(C#N)c12. The van der Waals surface area contributed by atoms with Gasteiger partial charge >= 0.3 is 0 Å². The molecule has 0 amide bonds. The fourth-order valence-corrected chi connectivity index (χ4v) is 3.29. The normalized spacial score (nSPS) is 10.7. The highest BCUT2D eigenvalue weighted by Gasteiger charge is 2.14. The highest BCUT2D eigenvalue weighted by atomic mass is 31.1. The molecule has 3 aromatic rings. The van der Waals surface area contributed by atoms with E-state index < -0.39 is 0 Å². The smallest absolute Gasteiger partial charge is 0.231 e. The first-order valence-corrected chi connectivity index (χ1v) is 9.90. The Labute approximate surface area is 147 Å². The minimum Gasteiger partial charge on any atom is -0.495 e. The third kappa shape index (κ3) is 3.21. The zero-order chi connectivity index (χ0) is 18.0. The summed E-state index contributed by atoms with van der Waals surface area (Å²) in [4.78, 5) is 11.9. The van der Waals surface area contributed by atoms with Crippen LogP contribution in [0, 0.1) is 11.3 Å². The predicted molar refractivity (Wildman–Crippen MR) is 103 cm³/mol. The number of hydrogen-bond donors (Lipinski definition) is 3.